The number of nitrogens with zero attached hydrogens (tertiary/aromatic N) is 1. The highest BCUT2D eigenvalue weighted by Crippen LogP contribution is 2.18. The van der Waals surface area contributed by atoms with E-state index in [0.29, 0.717) is 0 Å². The van der Waals surface area contributed by atoms with E-state index in [-0.39, 0.29) is 18.0 Å². The van der Waals surface area contributed by atoms with Crippen LogP contribution >= 0.6 is 11.3 Å². The monoisotopic (exact) mass is 224 g/mol. The highest BCUT2D eigenvalue weighted by Gasteiger charge is 2.31. The first-order valence-electron chi connectivity index (χ1n) is 5.27. The van der Waals surface area contributed by atoms with Crippen molar-refractivity contribution >= 4 is 17.2 Å². The van der Waals surface area contributed by atoms with Gasteiger partial charge in [0.15, 0.2) is 0 Å². The van der Waals surface area contributed by atoms with Gasteiger partial charge in [-0.15, -0.1) is 11.3 Å². The second-order valence-corrected chi connectivity index (χ2v) is 5.09. The van der Waals surface area contributed by atoms with Gasteiger partial charge in [-0.1, -0.05) is 6.07 Å². The van der Waals surface area contributed by atoms with Gasteiger partial charge in [-0.3, -0.25) is 4.79 Å². The molecule has 0 aliphatic carbocycles. The van der Waals surface area contributed by atoms with E-state index in [1.165, 1.54) is 4.88 Å². The van der Waals surface area contributed by atoms with E-state index < -0.39 is 0 Å². The van der Waals surface area contributed by atoms with E-state index in [1.807, 2.05) is 11.0 Å². The number of nitrogens with two attached hydrogens (primary N) is 1. The summed E-state index contributed by atoms with van der Waals surface area (Å²) in [5, 5.41) is 2.07. The molecular weight excluding hydrogens is 208 g/mol. The van der Waals surface area contributed by atoms with Crippen molar-refractivity contribution in [1.82, 2.24) is 4.90 Å². The number of hydrogen-bond donors (Lipinski definition) is 1. The summed E-state index contributed by atoms with van der Waals surface area (Å²) in [5.74, 6) is 0.110. The van der Waals surface area contributed by atoms with Crippen LogP contribution in [0.2, 0.25) is 0 Å². The predicted octanol–water partition coefficient (Wildman–Crippen LogP) is 1.24. The first kappa shape index (κ1) is 10.6. The van der Waals surface area contributed by atoms with Crippen molar-refractivity contribution in [2.75, 3.05) is 6.54 Å². The van der Waals surface area contributed by atoms with Gasteiger partial charge in [0, 0.05) is 23.9 Å². The zero-order valence-electron chi connectivity index (χ0n) is 8.85. The van der Waals surface area contributed by atoms with Crippen LogP contribution in [0.25, 0.3) is 0 Å². The van der Waals surface area contributed by atoms with Gasteiger partial charge < -0.3 is 10.6 Å². The number of rotatable bonds is 3. The molecule has 0 spiro atoms. The average molecular weight is 224 g/mol. The van der Waals surface area contributed by atoms with E-state index in [1.54, 1.807) is 11.3 Å². The molecule has 1 aliphatic heterocycles. The predicted molar refractivity (Wildman–Crippen MR) is 61.8 cm³/mol. The molecular formula is C11H16N2OS. The summed E-state index contributed by atoms with van der Waals surface area (Å²) in [4.78, 5) is 14.9. The van der Waals surface area contributed by atoms with E-state index >= 15 is 0 Å². The molecule has 4 heteroatoms. The number of hydrogen-bond acceptors (Lipinski definition) is 3. The summed E-state index contributed by atoms with van der Waals surface area (Å²) in [5.41, 5.74) is 5.69. The fourth-order valence-electron chi connectivity index (χ4n) is 1.99. The van der Waals surface area contributed by atoms with Gasteiger partial charge >= 0.3 is 0 Å². The maximum Gasteiger partial charge on any atom is 0.239 e. The first-order chi connectivity index (χ1) is 7.18. The van der Waals surface area contributed by atoms with Crippen molar-refractivity contribution in [2.45, 2.75) is 31.8 Å². The van der Waals surface area contributed by atoms with Crippen LogP contribution < -0.4 is 5.73 Å². The topological polar surface area (TPSA) is 46.3 Å². The van der Waals surface area contributed by atoms with Gasteiger partial charge in [0.1, 0.15) is 0 Å². The van der Waals surface area contributed by atoms with E-state index in [2.05, 4.69) is 18.4 Å². The Morgan fingerprint density at radius 2 is 2.53 bits per heavy atom. The number of thiophene rings is 1. The highest BCUT2D eigenvalue weighted by molar-refractivity contribution is 7.09. The van der Waals surface area contributed by atoms with Crippen LogP contribution in [0.3, 0.4) is 0 Å². The lowest BCUT2D eigenvalue weighted by atomic mass is 10.2. The molecule has 1 fully saturated rings. The number of carbonyl (C=O) groups is 1. The molecule has 1 amide bonds. The molecule has 2 rings (SSSR count). The molecule has 0 saturated carbocycles. The van der Waals surface area contributed by atoms with Gasteiger partial charge in [0.25, 0.3) is 0 Å². The Labute approximate surface area is 93.9 Å². The van der Waals surface area contributed by atoms with Gasteiger partial charge in [-0.05, 0) is 24.8 Å². The third-order valence-electron chi connectivity index (χ3n) is 2.89. The van der Waals surface area contributed by atoms with Crippen molar-refractivity contribution in [3.8, 4) is 0 Å². The average Bonchev–Trinajstić information content (AvgIpc) is 2.79. The summed E-state index contributed by atoms with van der Waals surface area (Å²) in [7, 11) is 0. The molecule has 15 heavy (non-hydrogen) atoms. The van der Waals surface area contributed by atoms with Crippen molar-refractivity contribution in [3.05, 3.63) is 22.4 Å². The van der Waals surface area contributed by atoms with Gasteiger partial charge in [0.05, 0.1) is 6.04 Å². The van der Waals surface area contributed by atoms with Crippen LogP contribution in [0.4, 0.5) is 0 Å². The highest BCUT2D eigenvalue weighted by atomic mass is 32.1. The molecule has 2 atom stereocenters. The quantitative estimate of drug-likeness (QED) is 0.839. The lowest BCUT2D eigenvalue weighted by Crippen LogP contribution is -2.40. The minimum Gasteiger partial charge on any atom is -0.338 e. The Morgan fingerprint density at radius 3 is 3.07 bits per heavy atom. The van der Waals surface area contributed by atoms with E-state index in [0.717, 1.165) is 19.4 Å². The van der Waals surface area contributed by atoms with Crippen LogP contribution in [0, 0.1) is 0 Å². The Balaban J connectivity index is 1.97. The molecule has 3 nitrogen and oxygen atoms in total. The molecule has 2 unspecified atom stereocenters. The zero-order chi connectivity index (χ0) is 10.8. The third kappa shape index (κ3) is 2.21. The fourth-order valence-corrected chi connectivity index (χ4v) is 2.82. The molecule has 0 bridgehead atoms. The van der Waals surface area contributed by atoms with Crippen LogP contribution in [-0.4, -0.2) is 29.4 Å². The molecule has 1 aromatic rings. The van der Waals surface area contributed by atoms with Crippen LogP contribution in [0.5, 0.6) is 0 Å². The molecule has 82 valence electrons. The van der Waals surface area contributed by atoms with Crippen molar-refractivity contribution in [1.29, 1.82) is 0 Å². The van der Waals surface area contributed by atoms with Crippen molar-refractivity contribution in [3.63, 3.8) is 0 Å². The van der Waals surface area contributed by atoms with Crippen LogP contribution in [0.1, 0.15) is 18.2 Å². The van der Waals surface area contributed by atoms with Crippen molar-refractivity contribution < 1.29 is 4.79 Å². The van der Waals surface area contributed by atoms with E-state index in [9.17, 15) is 4.79 Å². The summed E-state index contributed by atoms with van der Waals surface area (Å²) in [6.45, 7) is 2.90. The summed E-state index contributed by atoms with van der Waals surface area (Å²) < 4.78 is 0. The molecule has 2 heterocycles. The second kappa shape index (κ2) is 4.33. The molecule has 0 aromatic carbocycles. The third-order valence-corrected chi connectivity index (χ3v) is 3.79. The maximum absolute atomic E-state index is 11.7. The minimum atomic E-state index is -0.268. The summed E-state index contributed by atoms with van der Waals surface area (Å²) >= 11 is 1.74. The van der Waals surface area contributed by atoms with Crippen molar-refractivity contribution in [2.24, 2.45) is 5.73 Å². The zero-order valence-corrected chi connectivity index (χ0v) is 9.67. The summed E-state index contributed by atoms with van der Waals surface area (Å²) in [6.07, 6.45) is 1.74. The molecule has 1 saturated heterocycles. The lowest BCUT2D eigenvalue weighted by molar-refractivity contribution is -0.130. The van der Waals surface area contributed by atoms with Crippen LogP contribution in [-0.2, 0) is 11.2 Å². The Kier molecular flexibility index (Phi) is 3.07. The Bertz CT molecular complexity index is 336. The molecule has 2 N–H and O–H groups in total. The molecule has 1 aliphatic rings. The van der Waals surface area contributed by atoms with Gasteiger partial charge in [-0.2, -0.15) is 0 Å². The SMILES string of the molecule is CC(Cc1cccs1)N1CCC(N)C1=O. The maximum atomic E-state index is 11.7. The number of carbonyl (C=O) groups excluding carboxylic acids is 1. The Morgan fingerprint density at radius 1 is 1.73 bits per heavy atom. The smallest absolute Gasteiger partial charge is 0.239 e. The fraction of sp³-hybridized carbons (Fsp3) is 0.545. The van der Waals surface area contributed by atoms with Crippen LogP contribution in [0.15, 0.2) is 17.5 Å². The second-order valence-electron chi connectivity index (χ2n) is 4.06. The standard InChI is InChI=1S/C11H16N2OS/c1-8(7-9-3-2-6-15-9)13-5-4-10(12)11(13)14/h2-3,6,8,10H,4-5,7,12H2,1H3. The van der Waals surface area contributed by atoms with Gasteiger partial charge in [0.2, 0.25) is 5.91 Å². The molecule has 1 aromatic heterocycles. The normalized spacial score (nSPS) is 23.5. The number of likely N-dealkylation sites (tertiary alicyclic amines) is 1. The largest absolute Gasteiger partial charge is 0.338 e. The minimum absolute atomic E-state index is 0.110. The Hall–Kier alpha value is -0.870. The molecule has 0 radical (unpaired) electrons. The first-order valence-corrected chi connectivity index (χ1v) is 6.15. The lowest BCUT2D eigenvalue weighted by Gasteiger charge is -2.24. The number of amides is 1. The van der Waals surface area contributed by atoms with Gasteiger partial charge in [-0.25, -0.2) is 0 Å². The van der Waals surface area contributed by atoms with E-state index in [4.69, 9.17) is 5.73 Å². The summed E-state index contributed by atoms with van der Waals surface area (Å²) in [6, 6.07) is 4.16.